The van der Waals surface area contributed by atoms with E-state index in [0.717, 1.165) is 5.75 Å². The van der Waals surface area contributed by atoms with Crippen LogP contribution in [0.2, 0.25) is 0 Å². The summed E-state index contributed by atoms with van der Waals surface area (Å²) in [6.07, 6.45) is 4.59. The maximum absolute atomic E-state index is 5.73. The summed E-state index contributed by atoms with van der Waals surface area (Å²) >= 11 is 3.47. The Morgan fingerprint density at radius 2 is 2.25 bits per heavy atom. The van der Waals surface area contributed by atoms with E-state index >= 15 is 0 Å². The molecule has 66 valence electrons. The van der Waals surface area contributed by atoms with Gasteiger partial charge in [0, 0.05) is 0 Å². The SMILES string of the molecule is c1nscc1OC1CCSCC1. The van der Waals surface area contributed by atoms with Gasteiger partial charge in [-0.05, 0) is 35.9 Å². The van der Waals surface area contributed by atoms with Crippen molar-refractivity contribution in [2.45, 2.75) is 18.9 Å². The first-order valence-corrected chi connectivity index (χ1v) is 6.08. The number of nitrogens with zero attached hydrogens (tertiary/aromatic N) is 1. The Labute approximate surface area is 80.5 Å². The van der Waals surface area contributed by atoms with Gasteiger partial charge in [-0.3, -0.25) is 0 Å². The van der Waals surface area contributed by atoms with Crippen LogP contribution >= 0.6 is 23.3 Å². The molecule has 0 N–H and O–H groups in total. The van der Waals surface area contributed by atoms with Crippen molar-refractivity contribution in [3.63, 3.8) is 0 Å². The zero-order valence-corrected chi connectivity index (χ0v) is 8.37. The zero-order chi connectivity index (χ0) is 8.23. The van der Waals surface area contributed by atoms with E-state index < -0.39 is 0 Å². The maximum Gasteiger partial charge on any atom is 0.150 e. The number of hydrogen-bond acceptors (Lipinski definition) is 4. The molecule has 1 aliphatic heterocycles. The van der Waals surface area contributed by atoms with Crippen molar-refractivity contribution in [2.24, 2.45) is 0 Å². The summed E-state index contributed by atoms with van der Waals surface area (Å²) in [7, 11) is 0. The Kier molecular flexibility index (Phi) is 2.89. The van der Waals surface area contributed by atoms with Gasteiger partial charge in [-0.1, -0.05) is 0 Å². The molecule has 0 atom stereocenters. The molecule has 0 aromatic carbocycles. The summed E-state index contributed by atoms with van der Waals surface area (Å²) in [5.74, 6) is 3.42. The number of thioether (sulfide) groups is 1. The van der Waals surface area contributed by atoms with E-state index in [1.165, 1.54) is 35.9 Å². The molecule has 2 nitrogen and oxygen atoms in total. The fraction of sp³-hybridized carbons (Fsp3) is 0.625. The van der Waals surface area contributed by atoms with Gasteiger partial charge in [0.15, 0.2) is 0 Å². The van der Waals surface area contributed by atoms with E-state index in [1.54, 1.807) is 6.20 Å². The highest BCUT2D eigenvalue weighted by atomic mass is 32.2. The van der Waals surface area contributed by atoms with E-state index in [-0.39, 0.29) is 0 Å². The lowest BCUT2D eigenvalue weighted by atomic mass is 10.2. The highest BCUT2D eigenvalue weighted by Gasteiger charge is 2.15. The highest BCUT2D eigenvalue weighted by Crippen LogP contribution is 2.22. The Morgan fingerprint density at radius 3 is 2.92 bits per heavy atom. The van der Waals surface area contributed by atoms with Crippen molar-refractivity contribution >= 4 is 23.3 Å². The van der Waals surface area contributed by atoms with Crippen molar-refractivity contribution in [3.05, 3.63) is 11.6 Å². The van der Waals surface area contributed by atoms with Crippen LogP contribution in [0.3, 0.4) is 0 Å². The minimum Gasteiger partial charge on any atom is -0.488 e. The first kappa shape index (κ1) is 8.38. The summed E-state index contributed by atoms with van der Waals surface area (Å²) in [5.41, 5.74) is 0. The second-order valence-electron chi connectivity index (χ2n) is 2.79. The summed E-state index contributed by atoms with van der Waals surface area (Å²) in [4.78, 5) is 0. The summed E-state index contributed by atoms with van der Waals surface area (Å²) in [6.45, 7) is 0. The van der Waals surface area contributed by atoms with Crippen molar-refractivity contribution in [3.8, 4) is 5.75 Å². The fourth-order valence-electron chi connectivity index (χ4n) is 1.24. The Balaban J connectivity index is 1.86. The van der Waals surface area contributed by atoms with Crippen LogP contribution in [0.4, 0.5) is 0 Å². The zero-order valence-electron chi connectivity index (χ0n) is 6.73. The van der Waals surface area contributed by atoms with Crippen LogP contribution in [0.15, 0.2) is 11.6 Å². The van der Waals surface area contributed by atoms with Gasteiger partial charge < -0.3 is 4.74 Å². The van der Waals surface area contributed by atoms with E-state index in [9.17, 15) is 0 Å². The monoisotopic (exact) mass is 201 g/mol. The molecule has 0 amide bonds. The topological polar surface area (TPSA) is 22.1 Å². The van der Waals surface area contributed by atoms with Gasteiger partial charge in [-0.25, -0.2) is 0 Å². The predicted molar refractivity (Wildman–Crippen MR) is 53.1 cm³/mol. The normalized spacial score (nSPS) is 19.3. The van der Waals surface area contributed by atoms with E-state index in [2.05, 4.69) is 4.37 Å². The van der Waals surface area contributed by atoms with Crippen molar-refractivity contribution < 1.29 is 4.74 Å². The van der Waals surface area contributed by atoms with Crippen LogP contribution in [0.25, 0.3) is 0 Å². The van der Waals surface area contributed by atoms with Crippen molar-refractivity contribution in [1.29, 1.82) is 0 Å². The molecule has 4 heteroatoms. The van der Waals surface area contributed by atoms with Gasteiger partial charge >= 0.3 is 0 Å². The van der Waals surface area contributed by atoms with Crippen LogP contribution < -0.4 is 4.74 Å². The minimum atomic E-state index is 0.433. The fourth-order valence-corrected chi connectivity index (χ4v) is 2.75. The van der Waals surface area contributed by atoms with Crippen LogP contribution in [0.1, 0.15) is 12.8 Å². The van der Waals surface area contributed by atoms with Crippen LogP contribution in [-0.4, -0.2) is 22.0 Å². The lowest BCUT2D eigenvalue weighted by molar-refractivity contribution is 0.193. The number of aromatic nitrogens is 1. The molecule has 12 heavy (non-hydrogen) atoms. The first-order chi connectivity index (χ1) is 5.95. The predicted octanol–water partition coefficient (Wildman–Crippen LogP) is 2.42. The third-order valence-corrected chi connectivity index (χ3v) is 3.49. The largest absolute Gasteiger partial charge is 0.488 e. The third kappa shape index (κ3) is 2.14. The molecule has 2 rings (SSSR count). The summed E-state index contributed by atoms with van der Waals surface area (Å²) in [5, 5.41) is 1.96. The molecule has 0 unspecified atom stereocenters. The molecule has 1 aromatic rings. The van der Waals surface area contributed by atoms with Gasteiger partial charge in [-0.15, -0.1) is 0 Å². The number of rotatable bonds is 2. The molecule has 0 spiro atoms. The molecular formula is C8H11NOS2. The maximum atomic E-state index is 5.73. The summed E-state index contributed by atoms with van der Waals surface area (Å²) in [6, 6.07) is 0. The average Bonchev–Trinajstić information content (AvgIpc) is 2.59. The van der Waals surface area contributed by atoms with Crippen LogP contribution in [0, 0.1) is 0 Å². The molecule has 1 aromatic heterocycles. The minimum absolute atomic E-state index is 0.433. The Hall–Kier alpha value is -0.220. The standard InChI is InChI=1S/C8H11NOS2/c1-3-11-4-2-7(1)10-8-5-9-12-6-8/h5-7H,1-4H2. The highest BCUT2D eigenvalue weighted by molar-refractivity contribution is 7.99. The quantitative estimate of drug-likeness (QED) is 0.733. The molecule has 1 saturated heterocycles. The molecule has 1 fully saturated rings. The summed E-state index contributed by atoms with van der Waals surface area (Å²) < 4.78 is 9.73. The number of hydrogen-bond donors (Lipinski definition) is 0. The van der Waals surface area contributed by atoms with Gasteiger partial charge in [-0.2, -0.15) is 16.1 Å². The van der Waals surface area contributed by atoms with E-state index in [1.807, 2.05) is 17.1 Å². The van der Waals surface area contributed by atoms with Crippen LogP contribution in [-0.2, 0) is 0 Å². The second-order valence-corrected chi connectivity index (χ2v) is 4.67. The molecular weight excluding hydrogens is 190 g/mol. The Morgan fingerprint density at radius 1 is 1.42 bits per heavy atom. The van der Waals surface area contributed by atoms with E-state index in [0.29, 0.717) is 6.10 Å². The molecule has 1 aliphatic rings. The lowest BCUT2D eigenvalue weighted by Crippen LogP contribution is -2.21. The third-order valence-electron chi connectivity index (χ3n) is 1.88. The Bertz CT molecular complexity index is 219. The van der Waals surface area contributed by atoms with Gasteiger partial charge in [0.2, 0.25) is 0 Å². The van der Waals surface area contributed by atoms with Crippen molar-refractivity contribution in [2.75, 3.05) is 11.5 Å². The van der Waals surface area contributed by atoms with E-state index in [4.69, 9.17) is 4.74 Å². The first-order valence-electron chi connectivity index (χ1n) is 4.09. The molecule has 0 bridgehead atoms. The molecule has 0 saturated carbocycles. The lowest BCUT2D eigenvalue weighted by Gasteiger charge is -2.21. The van der Waals surface area contributed by atoms with Gasteiger partial charge in [0.25, 0.3) is 0 Å². The van der Waals surface area contributed by atoms with Gasteiger partial charge in [0.05, 0.1) is 11.6 Å². The van der Waals surface area contributed by atoms with Gasteiger partial charge in [0.1, 0.15) is 11.9 Å². The molecule has 0 radical (unpaired) electrons. The molecule has 0 aliphatic carbocycles. The second kappa shape index (κ2) is 4.14. The van der Waals surface area contributed by atoms with Crippen molar-refractivity contribution in [1.82, 2.24) is 4.37 Å². The number of ether oxygens (including phenoxy) is 1. The molecule has 2 heterocycles. The average molecular weight is 201 g/mol. The van der Waals surface area contributed by atoms with Crippen LogP contribution in [0.5, 0.6) is 5.75 Å². The smallest absolute Gasteiger partial charge is 0.150 e.